The molecule has 2 rings (SSSR count). The molecule has 1 fully saturated rings. The molecule has 0 bridgehead atoms. The van der Waals surface area contributed by atoms with Crippen molar-refractivity contribution in [3.63, 3.8) is 0 Å². The molecule has 1 aromatic rings. The highest BCUT2D eigenvalue weighted by molar-refractivity contribution is 5.79. The Morgan fingerprint density at radius 1 is 1.04 bits per heavy atom. The standard InChI is InChI=1S/C20H30N2O2/c1-19(2)10-16(11-20(3,4)13-19)18(24)22-12-15-7-5-14(6-8-15)9-17(21)23/h5-8,16H,9-13H2,1-4H3,(H2,21,23)(H,22,24). The maximum absolute atomic E-state index is 12.6. The van der Waals surface area contributed by atoms with Crippen LogP contribution in [0.25, 0.3) is 0 Å². The number of carbonyl (C=O) groups excluding carboxylic acids is 2. The van der Waals surface area contributed by atoms with Gasteiger partial charge in [0.15, 0.2) is 0 Å². The summed E-state index contributed by atoms with van der Waals surface area (Å²) in [6.07, 6.45) is 3.30. The second-order valence-corrected chi connectivity index (χ2v) is 8.79. The molecule has 0 atom stereocenters. The van der Waals surface area contributed by atoms with E-state index in [4.69, 9.17) is 5.73 Å². The van der Waals surface area contributed by atoms with E-state index in [-0.39, 0.29) is 35.0 Å². The van der Waals surface area contributed by atoms with Gasteiger partial charge in [0.05, 0.1) is 6.42 Å². The molecule has 4 nitrogen and oxygen atoms in total. The lowest BCUT2D eigenvalue weighted by atomic mass is 9.61. The summed E-state index contributed by atoms with van der Waals surface area (Å²) in [7, 11) is 0. The quantitative estimate of drug-likeness (QED) is 0.870. The molecule has 4 heteroatoms. The third kappa shape index (κ3) is 5.36. The van der Waals surface area contributed by atoms with Crippen molar-refractivity contribution in [2.45, 2.75) is 59.9 Å². The average molecular weight is 330 g/mol. The molecular formula is C20H30N2O2. The third-order valence-corrected chi connectivity index (χ3v) is 4.79. The van der Waals surface area contributed by atoms with Gasteiger partial charge in [-0.1, -0.05) is 52.0 Å². The first-order valence-electron chi connectivity index (χ1n) is 8.70. The molecular weight excluding hydrogens is 300 g/mol. The van der Waals surface area contributed by atoms with Crippen LogP contribution in [0.4, 0.5) is 0 Å². The largest absolute Gasteiger partial charge is 0.369 e. The molecule has 24 heavy (non-hydrogen) atoms. The van der Waals surface area contributed by atoms with Crippen molar-refractivity contribution in [2.24, 2.45) is 22.5 Å². The van der Waals surface area contributed by atoms with Crippen LogP contribution < -0.4 is 11.1 Å². The van der Waals surface area contributed by atoms with Crippen LogP contribution in [-0.4, -0.2) is 11.8 Å². The summed E-state index contributed by atoms with van der Waals surface area (Å²) >= 11 is 0. The fourth-order valence-electron chi connectivity index (χ4n) is 4.34. The lowest BCUT2D eigenvalue weighted by molar-refractivity contribution is -0.129. The highest BCUT2D eigenvalue weighted by atomic mass is 16.2. The molecule has 2 amide bonds. The van der Waals surface area contributed by atoms with Gasteiger partial charge in [-0.15, -0.1) is 0 Å². The highest BCUT2D eigenvalue weighted by Crippen LogP contribution is 2.48. The van der Waals surface area contributed by atoms with Crippen LogP contribution in [-0.2, 0) is 22.6 Å². The maximum atomic E-state index is 12.6. The number of rotatable bonds is 5. The average Bonchev–Trinajstić information content (AvgIpc) is 2.42. The van der Waals surface area contributed by atoms with Crippen molar-refractivity contribution < 1.29 is 9.59 Å². The minimum Gasteiger partial charge on any atom is -0.369 e. The number of hydrogen-bond donors (Lipinski definition) is 2. The number of carbonyl (C=O) groups is 2. The number of amides is 2. The lowest BCUT2D eigenvalue weighted by Gasteiger charge is -2.44. The Morgan fingerprint density at radius 2 is 1.54 bits per heavy atom. The van der Waals surface area contributed by atoms with Gasteiger partial charge in [-0.2, -0.15) is 0 Å². The van der Waals surface area contributed by atoms with Crippen molar-refractivity contribution in [2.75, 3.05) is 0 Å². The lowest BCUT2D eigenvalue weighted by Crippen LogP contribution is -2.41. The van der Waals surface area contributed by atoms with Crippen LogP contribution in [0.15, 0.2) is 24.3 Å². The molecule has 0 aliphatic heterocycles. The summed E-state index contributed by atoms with van der Waals surface area (Å²) in [5.41, 5.74) is 7.54. The van der Waals surface area contributed by atoms with Crippen molar-refractivity contribution in [3.8, 4) is 0 Å². The Labute approximate surface area is 145 Å². The SMILES string of the molecule is CC1(C)CC(C(=O)NCc2ccc(CC(N)=O)cc2)CC(C)(C)C1. The van der Waals surface area contributed by atoms with Crippen LogP contribution in [0.2, 0.25) is 0 Å². The van der Waals surface area contributed by atoms with Crippen molar-refractivity contribution in [1.29, 1.82) is 0 Å². The molecule has 0 unspecified atom stereocenters. The van der Waals surface area contributed by atoms with Crippen LogP contribution in [0.1, 0.15) is 58.1 Å². The minimum atomic E-state index is -0.335. The highest BCUT2D eigenvalue weighted by Gasteiger charge is 2.40. The monoisotopic (exact) mass is 330 g/mol. The number of nitrogens with one attached hydrogen (secondary N) is 1. The Balaban J connectivity index is 1.91. The topological polar surface area (TPSA) is 72.2 Å². The molecule has 1 aliphatic rings. The fourth-order valence-corrected chi connectivity index (χ4v) is 4.34. The van der Waals surface area contributed by atoms with E-state index < -0.39 is 0 Å². The molecule has 1 saturated carbocycles. The molecule has 3 N–H and O–H groups in total. The first-order chi connectivity index (χ1) is 11.1. The summed E-state index contributed by atoms with van der Waals surface area (Å²) in [4.78, 5) is 23.5. The van der Waals surface area contributed by atoms with Gasteiger partial charge in [-0.05, 0) is 41.2 Å². The summed E-state index contributed by atoms with van der Waals surface area (Å²) in [6.45, 7) is 9.54. The van der Waals surface area contributed by atoms with Gasteiger partial charge < -0.3 is 11.1 Å². The zero-order valence-electron chi connectivity index (χ0n) is 15.3. The van der Waals surface area contributed by atoms with E-state index in [1.54, 1.807) is 0 Å². The van der Waals surface area contributed by atoms with Crippen LogP contribution >= 0.6 is 0 Å². The predicted molar refractivity (Wildman–Crippen MR) is 96.1 cm³/mol. The van der Waals surface area contributed by atoms with E-state index in [0.717, 1.165) is 30.4 Å². The van der Waals surface area contributed by atoms with Crippen LogP contribution in [0, 0.1) is 16.7 Å². The summed E-state index contributed by atoms with van der Waals surface area (Å²) in [6, 6.07) is 7.65. The minimum absolute atomic E-state index is 0.0814. The van der Waals surface area contributed by atoms with Crippen molar-refractivity contribution in [1.82, 2.24) is 5.32 Å². The smallest absolute Gasteiger partial charge is 0.223 e. The molecule has 1 aromatic carbocycles. The van der Waals surface area contributed by atoms with Crippen LogP contribution in [0.3, 0.4) is 0 Å². The summed E-state index contributed by atoms with van der Waals surface area (Å²) in [5.74, 6) is -0.103. The molecule has 132 valence electrons. The molecule has 0 spiro atoms. The molecule has 0 saturated heterocycles. The first kappa shape index (κ1) is 18.5. The Hall–Kier alpha value is -1.84. The second kappa shape index (κ2) is 6.96. The van der Waals surface area contributed by atoms with Gasteiger partial charge in [-0.3, -0.25) is 9.59 Å². The molecule has 0 heterocycles. The maximum Gasteiger partial charge on any atom is 0.223 e. The van der Waals surface area contributed by atoms with E-state index >= 15 is 0 Å². The number of benzene rings is 1. The number of primary amides is 1. The third-order valence-electron chi connectivity index (χ3n) is 4.79. The Bertz CT molecular complexity index is 587. The van der Waals surface area contributed by atoms with Gasteiger partial charge in [0.25, 0.3) is 0 Å². The predicted octanol–water partition coefficient (Wildman–Crippen LogP) is 3.18. The van der Waals surface area contributed by atoms with Gasteiger partial charge in [0.1, 0.15) is 0 Å². The normalized spacial score (nSPS) is 19.7. The molecule has 1 aliphatic carbocycles. The summed E-state index contributed by atoms with van der Waals surface area (Å²) < 4.78 is 0. The van der Waals surface area contributed by atoms with E-state index in [9.17, 15) is 9.59 Å². The van der Waals surface area contributed by atoms with Gasteiger partial charge >= 0.3 is 0 Å². The molecule has 0 radical (unpaired) electrons. The van der Waals surface area contributed by atoms with Gasteiger partial charge in [0.2, 0.25) is 11.8 Å². The van der Waals surface area contributed by atoms with Crippen molar-refractivity contribution in [3.05, 3.63) is 35.4 Å². The zero-order valence-corrected chi connectivity index (χ0v) is 15.3. The van der Waals surface area contributed by atoms with E-state index in [1.807, 2.05) is 24.3 Å². The van der Waals surface area contributed by atoms with Crippen molar-refractivity contribution >= 4 is 11.8 Å². The van der Waals surface area contributed by atoms with Gasteiger partial charge in [0, 0.05) is 12.5 Å². The van der Waals surface area contributed by atoms with Crippen LogP contribution in [0.5, 0.6) is 0 Å². The Kier molecular flexibility index (Phi) is 5.36. The second-order valence-electron chi connectivity index (χ2n) is 8.79. The fraction of sp³-hybridized carbons (Fsp3) is 0.600. The van der Waals surface area contributed by atoms with Gasteiger partial charge in [-0.25, -0.2) is 0 Å². The first-order valence-corrected chi connectivity index (χ1v) is 8.70. The van der Waals surface area contributed by atoms with E-state index in [1.165, 1.54) is 0 Å². The summed E-state index contributed by atoms with van der Waals surface area (Å²) in [5, 5.41) is 3.07. The molecule has 0 aromatic heterocycles. The number of nitrogens with two attached hydrogens (primary N) is 1. The zero-order chi connectivity index (χ0) is 18.0. The van der Waals surface area contributed by atoms with E-state index in [0.29, 0.717) is 6.54 Å². The number of hydrogen-bond acceptors (Lipinski definition) is 2. The Morgan fingerprint density at radius 3 is 2.04 bits per heavy atom. The van der Waals surface area contributed by atoms with E-state index in [2.05, 4.69) is 33.0 Å².